The van der Waals surface area contributed by atoms with Crippen molar-refractivity contribution in [1.82, 2.24) is 15.0 Å². The number of nitrogens with zero attached hydrogens (tertiary/aromatic N) is 1. The molecule has 11 heteroatoms. The second-order valence-corrected chi connectivity index (χ2v) is 11.1. The summed E-state index contributed by atoms with van der Waals surface area (Å²) < 4.78 is 59.3. The molecule has 1 atom stereocenters. The Balaban J connectivity index is 1.40. The molecule has 1 aliphatic rings. The zero-order valence-corrected chi connectivity index (χ0v) is 20.9. The van der Waals surface area contributed by atoms with Gasteiger partial charge in [-0.3, -0.25) is 15.0 Å². The van der Waals surface area contributed by atoms with Gasteiger partial charge in [-0.05, 0) is 47.5 Å². The highest BCUT2D eigenvalue weighted by atomic mass is 32.2. The zero-order chi connectivity index (χ0) is 26.1. The van der Waals surface area contributed by atoms with E-state index in [0.29, 0.717) is 0 Å². The van der Waals surface area contributed by atoms with Crippen LogP contribution in [0, 0.1) is 0 Å². The summed E-state index contributed by atoms with van der Waals surface area (Å²) in [7, 11) is -3.03. The van der Waals surface area contributed by atoms with Gasteiger partial charge in [0.1, 0.15) is 12.3 Å². The number of fused-ring (bicyclic) bond motifs is 3. The Morgan fingerprint density at radius 2 is 1.64 bits per heavy atom. The first-order valence-corrected chi connectivity index (χ1v) is 13.1. The van der Waals surface area contributed by atoms with Gasteiger partial charge in [-0.2, -0.15) is 13.2 Å². The van der Waals surface area contributed by atoms with Gasteiger partial charge >= 0.3 is 12.3 Å². The SMILES string of the molecule is CC(c1ccc(C(F)(F)F)nc1)=S(C)(=O)NC(=S)NC(=O)OCC1c2ccccc2-c2ccccc21. The fourth-order valence-electron chi connectivity index (χ4n) is 4.00. The fourth-order valence-corrected chi connectivity index (χ4v) is 5.69. The molecular weight excluding hydrogens is 511 g/mol. The maximum atomic E-state index is 13.1. The number of hydrogen-bond acceptors (Lipinski definition) is 5. The number of ether oxygens (including phenoxy) is 1. The van der Waals surface area contributed by atoms with Crippen molar-refractivity contribution in [2.45, 2.75) is 19.0 Å². The van der Waals surface area contributed by atoms with Gasteiger partial charge < -0.3 is 4.74 Å². The summed E-state index contributed by atoms with van der Waals surface area (Å²) in [5.74, 6) is -0.136. The fraction of sp³-hybridized carbons (Fsp3) is 0.200. The van der Waals surface area contributed by atoms with E-state index in [4.69, 9.17) is 17.0 Å². The molecule has 0 saturated heterocycles. The molecule has 4 rings (SSSR count). The molecule has 0 aliphatic heterocycles. The molecule has 6 nitrogen and oxygen atoms in total. The van der Waals surface area contributed by atoms with Gasteiger partial charge in [-0.25, -0.2) is 9.00 Å². The summed E-state index contributed by atoms with van der Waals surface area (Å²) in [5, 5.41) is 2.11. The third kappa shape index (κ3) is 5.36. The van der Waals surface area contributed by atoms with Gasteiger partial charge in [0.15, 0.2) is 5.11 Å². The number of hydrogen-bond donors (Lipinski definition) is 2. The second-order valence-electron chi connectivity index (χ2n) is 8.21. The molecule has 0 saturated carbocycles. The summed E-state index contributed by atoms with van der Waals surface area (Å²) in [6, 6.07) is 17.8. The smallest absolute Gasteiger partial charge is 0.433 e. The Labute approximate surface area is 212 Å². The van der Waals surface area contributed by atoms with Crippen LogP contribution in [0.25, 0.3) is 11.1 Å². The highest BCUT2D eigenvalue weighted by Gasteiger charge is 2.32. The summed E-state index contributed by atoms with van der Waals surface area (Å²) in [5.41, 5.74) is 3.48. The first kappa shape index (κ1) is 25.6. The Morgan fingerprint density at radius 3 is 2.17 bits per heavy atom. The highest BCUT2D eigenvalue weighted by molar-refractivity contribution is 8.01. The van der Waals surface area contributed by atoms with Crippen LogP contribution in [0.2, 0.25) is 0 Å². The maximum Gasteiger partial charge on any atom is 0.433 e. The first-order chi connectivity index (χ1) is 17.0. The monoisotopic (exact) mass is 533 g/mol. The summed E-state index contributed by atoms with van der Waals surface area (Å²) in [6.07, 6.45) is -3.08. The second kappa shape index (κ2) is 9.90. The molecule has 2 aromatic carbocycles. The Morgan fingerprint density at radius 1 is 1.06 bits per heavy atom. The molecular formula is C25H22F3N3O3S2. The lowest BCUT2D eigenvalue weighted by Gasteiger charge is -2.17. The van der Waals surface area contributed by atoms with E-state index in [-0.39, 0.29) is 28.1 Å². The van der Waals surface area contributed by atoms with Crippen LogP contribution in [0.5, 0.6) is 0 Å². The Kier molecular flexibility index (Phi) is 7.05. The lowest BCUT2D eigenvalue weighted by molar-refractivity contribution is -0.141. The van der Waals surface area contributed by atoms with Gasteiger partial charge in [-0.1, -0.05) is 54.6 Å². The van der Waals surface area contributed by atoms with Crippen LogP contribution < -0.4 is 10.0 Å². The third-order valence-corrected chi connectivity index (χ3v) is 8.22. The number of nitrogens with one attached hydrogen (secondary N) is 2. The lowest BCUT2D eigenvalue weighted by atomic mass is 9.98. The molecule has 188 valence electrons. The minimum Gasteiger partial charge on any atom is -0.448 e. The minimum atomic E-state index is -4.58. The maximum absolute atomic E-state index is 13.1. The topological polar surface area (TPSA) is 80.3 Å². The summed E-state index contributed by atoms with van der Waals surface area (Å²) in [6.45, 7) is 1.56. The van der Waals surface area contributed by atoms with E-state index in [2.05, 4.69) is 15.0 Å². The summed E-state index contributed by atoms with van der Waals surface area (Å²) >= 11 is 5.11. The molecule has 1 aromatic heterocycles. The van der Waals surface area contributed by atoms with Gasteiger partial charge in [0.05, 0.1) is 9.71 Å². The lowest BCUT2D eigenvalue weighted by Crippen LogP contribution is -2.43. The molecule has 1 amide bonds. The predicted octanol–water partition coefficient (Wildman–Crippen LogP) is 4.88. The highest BCUT2D eigenvalue weighted by Crippen LogP contribution is 2.44. The van der Waals surface area contributed by atoms with E-state index in [0.717, 1.165) is 34.5 Å². The quantitative estimate of drug-likeness (QED) is 0.369. The van der Waals surface area contributed by atoms with E-state index in [1.165, 1.54) is 19.2 Å². The van der Waals surface area contributed by atoms with Crippen molar-refractivity contribution in [3.63, 3.8) is 0 Å². The van der Waals surface area contributed by atoms with E-state index < -0.39 is 27.7 Å². The van der Waals surface area contributed by atoms with Crippen LogP contribution in [-0.4, -0.2) is 38.1 Å². The number of carbonyl (C=O) groups is 1. The molecule has 0 fully saturated rings. The third-order valence-electron chi connectivity index (χ3n) is 5.89. The van der Waals surface area contributed by atoms with Gasteiger partial charge in [0.2, 0.25) is 0 Å². The van der Waals surface area contributed by atoms with Crippen LogP contribution in [0.3, 0.4) is 0 Å². The van der Waals surface area contributed by atoms with Crippen molar-refractivity contribution in [2.24, 2.45) is 0 Å². The number of carbonyl (C=O) groups excluding carboxylic acids is 1. The summed E-state index contributed by atoms with van der Waals surface area (Å²) in [4.78, 5) is 16.0. The number of benzene rings is 2. The zero-order valence-electron chi connectivity index (χ0n) is 19.3. The molecule has 2 N–H and O–H groups in total. The van der Waals surface area contributed by atoms with Crippen molar-refractivity contribution in [3.05, 3.63) is 89.2 Å². The average molecular weight is 534 g/mol. The van der Waals surface area contributed by atoms with E-state index in [1.54, 1.807) is 0 Å². The number of rotatable bonds is 4. The van der Waals surface area contributed by atoms with Crippen LogP contribution in [0.15, 0.2) is 66.9 Å². The number of pyridine rings is 1. The number of halogens is 3. The van der Waals surface area contributed by atoms with Gasteiger partial charge in [-0.15, -0.1) is 0 Å². The number of thiocarbonyl (C=S) groups is 1. The molecule has 3 aromatic rings. The van der Waals surface area contributed by atoms with Crippen molar-refractivity contribution < 1.29 is 26.9 Å². The molecule has 0 radical (unpaired) electrons. The molecule has 1 unspecified atom stereocenters. The number of alkyl carbamates (subject to hydrolysis) is 1. The van der Waals surface area contributed by atoms with Crippen LogP contribution >= 0.6 is 12.2 Å². The molecule has 1 heterocycles. The van der Waals surface area contributed by atoms with E-state index in [9.17, 15) is 22.2 Å². The van der Waals surface area contributed by atoms with Crippen molar-refractivity contribution in [1.29, 1.82) is 0 Å². The number of aromatic nitrogens is 1. The molecule has 36 heavy (non-hydrogen) atoms. The Bertz CT molecular complexity index is 1400. The van der Waals surface area contributed by atoms with Crippen LogP contribution in [0.4, 0.5) is 18.0 Å². The largest absolute Gasteiger partial charge is 0.448 e. The molecule has 1 aliphatic carbocycles. The average Bonchev–Trinajstić information content (AvgIpc) is 3.15. The number of amides is 1. The van der Waals surface area contributed by atoms with E-state index >= 15 is 0 Å². The van der Waals surface area contributed by atoms with Gasteiger partial charge in [0, 0.05) is 28.8 Å². The van der Waals surface area contributed by atoms with Crippen LogP contribution in [-0.2, 0) is 20.6 Å². The normalized spacial score (nSPS) is 14.2. The Hall–Kier alpha value is -3.44. The molecule has 0 spiro atoms. The molecule has 0 bridgehead atoms. The van der Waals surface area contributed by atoms with Crippen molar-refractivity contribution in [2.75, 3.05) is 12.9 Å². The standard InChI is InChI=1S/C25H22F3N3O3S2/c1-15(16-11-12-22(29-13-16)25(26,27)28)36(2,33)31-23(35)30-24(32)34-14-21-19-9-5-3-7-17(19)18-8-4-6-10-20(18)21/h3-13,21H,14H2,1-2H3,(H2,30,31,32,33,35). The van der Waals surface area contributed by atoms with Crippen LogP contribution in [0.1, 0.15) is 35.2 Å². The first-order valence-electron chi connectivity index (χ1n) is 10.8. The van der Waals surface area contributed by atoms with Crippen molar-refractivity contribution >= 4 is 38.0 Å². The predicted molar refractivity (Wildman–Crippen MR) is 137 cm³/mol. The van der Waals surface area contributed by atoms with E-state index in [1.807, 2.05) is 48.5 Å². The van der Waals surface area contributed by atoms with Gasteiger partial charge in [0.25, 0.3) is 0 Å². The van der Waals surface area contributed by atoms with Crippen molar-refractivity contribution in [3.8, 4) is 11.1 Å². The minimum absolute atomic E-state index is 0.0757. The number of alkyl halides is 3.